The van der Waals surface area contributed by atoms with Gasteiger partial charge in [-0.15, -0.1) is 11.3 Å². The van der Waals surface area contributed by atoms with Crippen LogP contribution >= 0.6 is 11.3 Å². The highest BCUT2D eigenvalue weighted by Crippen LogP contribution is 2.29. The van der Waals surface area contributed by atoms with Gasteiger partial charge in [0.05, 0.1) is 18.3 Å². The summed E-state index contributed by atoms with van der Waals surface area (Å²) in [6, 6.07) is 5.59. The molecule has 4 aromatic heterocycles. The summed E-state index contributed by atoms with van der Waals surface area (Å²) in [5, 5.41) is 6.73. The van der Waals surface area contributed by atoms with Crippen LogP contribution in [-0.4, -0.2) is 54.0 Å². The summed E-state index contributed by atoms with van der Waals surface area (Å²) in [7, 11) is 0. The second kappa shape index (κ2) is 8.68. The monoisotopic (exact) mass is 433 g/mol. The molecular formula is C21H19N7O2S. The average Bonchev–Trinajstić information content (AvgIpc) is 3.51. The van der Waals surface area contributed by atoms with Crippen LogP contribution in [0.25, 0.3) is 22.2 Å². The molecule has 4 aromatic rings. The van der Waals surface area contributed by atoms with E-state index >= 15 is 0 Å². The summed E-state index contributed by atoms with van der Waals surface area (Å²) in [5.74, 6) is 1.34. The molecule has 9 nitrogen and oxygen atoms in total. The first-order chi connectivity index (χ1) is 15.3. The average molecular weight is 433 g/mol. The number of amides is 1. The van der Waals surface area contributed by atoms with Gasteiger partial charge in [-0.2, -0.15) is 4.98 Å². The van der Waals surface area contributed by atoms with E-state index < -0.39 is 0 Å². The molecule has 0 N–H and O–H groups in total. The van der Waals surface area contributed by atoms with Gasteiger partial charge in [-0.25, -0.2) is 4.98 Å². The Labute approximate surface area is 182 Å². The smallest absolute Gasteiger partial charge is 0.230 e. The van der Waals surface area contributed by atoms with Crippen molar-refractivity contribution < 1.29 is 9.32 Å². The van der Waals surface area contributed by atoms with Crippen molar-refractivity contribution in [2.75, 3.05) is 13.1 Å². The van der Waals surface area contributed by atoms with E-state index in [-0.39, 0.29) is 18.2 Å². The lowest BCUT2D eigenvalue weighted by Gasteiger charge is -2.30. The molecule has 0 radical (unpaired) electrons. The van der Waals surface area contributed by atoms with E-state index in [1.165, 1.54) is 11.3 Å². The molecule has 5 rings (SSSR count). The van der Waals surface area contributed by atoms with Crippen molar-refractivity contribution in [1.29, 1.82) is 0 Å². The molecule has 1 saturated heterocycles. The first-order valence-electron chi connectivity index (χ1n) is 10.00. The second-order valence-corrected chi connectivity index (χ2v) is 8.10. The van der Waals surface area contributed by atoms with Gasteiger partial charge in [0.1, 0.15) is 16.4 Å². The third kappa shape index (κ3) is 4.33. The highest BCUT2D eigenvalue weighted by molar-refractivity contribution is 7.13. The van der Waals surface area contributed by atoms with Gasteiger partial charge in [-0.1, -0.05) is 11.2 Å². The fourth-order valence-electron chi connectivity index (χ4n) is 3.56. The van der Waals surface area contributed by atoms with Gasteiger partial charge < -0.3 is 9.42 Å². The molecule has 0 unspecified atom stereocenters. The van der Waals surface area contributed by atoms with E-state index in [1.807, 2.05) is 28.5 Å². The molecule has 0 aliphatic carbocycles. The van der Waals surface area contributed by atoms with Crippen molar-refractivity contribution in [3.63, 3.8) is 0 Å². The second-order valence-electron chi connectivity index (χ2n) is 7.24. The lowest BCUT2D eigenvalue weighted by molar-refractivity contribution is -0.131. The van der Waals surface area contributed by atoms with Gasteiger partial charge in [-0.05, 0) is 25.0 Å². The lowest BCUT2D eigenvalue weighted by Crippen LogP contribution is -2.38. The highest BCUT2D eigenvalue weighted by atomic mass is 32.1. The van der Waals surface area contributed by atoms with E-state index in [2.05, 4.69) is 30.1 Å². The van der Waals surface area contributed by atoms with Crippen LogP contribution in [0.1, 0.15) is 30.3 Å². The van der Waals surface area contributed by atoms with Crippen molar-refractivity contribution in [3.05, 3.63) is 60.0 Å². The van der Waals surface area contributed by atoms with Crippen LogP contribution in [0.3, 0.4) is 0 Å². The summed E-state index contributed by atoms with van der Waals surface area (Å²) in [4.78, 5) is 36.3. The normalized spacial score (nSPS) is 14.6. The molecule has 1 amide bonds. The number of pyridine rings is 1. The largest absolute Gasteiger partial charge is 0.342 e. The SMILES string of the molecule is O=C(Cc1csc(-c2cnccn2)n1)N1CCC(c2nc(-c3ccccn3)no2)CC1. The summed E-state index contributed by atoms with van der Waals surface area (Å²) in [5.41, 5.74) is 2.17. The fraction of sp³-hybridized carbons (Fsp3) is 0.286. The molecular weight excluding hydrogens is 414 g/mol. The number of piperidine rings is 1. The highest BCUT2D eigenvalue weighted by Gasteiger charge is 2.28. The Hall–Kier alpha value is -3.53. The molecule has 5 heterocycles. The zero-order valence-corrected chi connectivity index (χ0v) is 17.4. The van der Waals surface area contributed by atoms with Gasteiger partial charge in [0, 0.05) is 43.0 Å². The minimum absolute atomic E-state index is 0.0779. The van der Waals surface area contributed by atoms with E-state index in [0.29, 0.717) is 30.5 Å². The molecule has 1 aliphatic rings. The van der Waals surface area contributed by atoms with Gasteiger partial charge in [0.2, 0.25) is 17.6 Å². The fourth-order valence-corrected chi connectivity index (χ4v) is 4.34. The van der Waals surface area contributed by atoms with Crippen molar-refractivity contribution >= 4 is 17.2 Å². The molecule has 1 aliphatic heterocycles. The first-order valence-corrected chi connectivity index (χ1v) is 10.9. The van der Waals surface area contributed by atoms with Crippen LogP contribution in [0.15, 0.2) is 52.9 Å². The summed E-state index contributed by atoms with van der Waals surface area (Å²) in [6.07, 6.45) is 8.49. The van der Waals surface area contributed by atoms with Crippen LogP contribution in [0.4, 0.5) is 0 Å². The molecule has 156 valence electrons. The predicted octanol–water partition coefficient (Wildman–Crippen LogP) is 2.99. The summed E-state index contributed by atoms with van der Waals surface area (Å²) < 4.78 is 5.47. The zero-order chi connectivity index (χ0) is 21.0. The Morgan fingerprint density at radius 3 is 2.74 bits per heavy atom. The summed E-state index contributed by atoms with van der Waals surface area (Å²) >= 11 is 1.47. The van der Waals surface area contributed by atoms with Crippen LogP contribution in [-0.2, 0) is 11.2 Å². The van der Waals surface area contributed by atoms with Gasteiger partial charge in [0.15, 0.2) is 0 Å². The summed E-state index contributed by atoms with van der Waals surface area (Å²) in [6.45, 7) is 1.32. The van der Waals surface area contributed by atoms with Crippen LogP contribution in [0.5, 0.6) is 0 Å². The number of hydrogen-bond donors (Lipinski definition) is 0. The molecule has 0 aromatic carbocycles. The van der Waals surface area contributed by atoms with Crippen molar-refractivity contribution in [1.82, 2.24) is 35.0 Å². The number of likely N-dealkylation sites (tertiary alicyclic amines) is 1. The Kier molecular flexibility index (Phi) is 5.44. The number of hydrogen-bond acceptors (Lipinski definition) is 9. The van der Waals surface area contributed by atoms with Crippen molar-refractivity contribution in [2.24, 2.45) is 0 Å². The molecule has 31 heavy (non-hydrogen) atoms. The zero-order valence-electron chi connectivity index (χ0n) is 16.6. The van der Waals surface area contributed by atoms with Crippen molar-refractivity contribution in [2.45, 2.75) is 25.2 Å². The van der Waals surface area contributed by atoms with Gasteiger partial charge >= 0.3 is 0 Å². The van der Waals surface area contributed by atoms with Crippen LogP contribution < -0.4 is 0 Å². The molecule has 0 spiro atoms. The predicted molar refractivity (Wildman–Crippen MR) is 113 cm³/mol. The quantitative estimate of drug-likeness (QED) is 0.472. The Bertz CT molecular complexity index is 1150. The van der Waals surface area contributed by atoms with Crippen LogP contribution in [0, 0.1) is 0 Å². The number of carbonyl (C=O) groups excluding carboxylic acids is 1. The third-order valence-electron chi connectivity index (χ3n) is 5.20. The maximum absolute atomic E-state index is 12.7. The molecule has 1 fully saturated rings. The molecule has 0 saturated carbocycles. The number of rotatable bonds is 5. The maximum Gasteiger partial charge on any atom is 0.230 e. The number of nitrogens with zero attached hydrogens (tertiary/aromatic N) is 7. The van der Waals surface area contributed by atoms with Gasteiger partial charge in [-0.3, -0.25) is 19.7 Å². The molecule has 0 bridgehead atoms. The maximum atomic E-state index is 12.7. The molecule has 0 atom stereocenters. The number of aromatic nitrogens is 6. The third-order valence-corrected chi connectivity index (χ3v) is 6.11. The Morgan fingerprint density at radius 1 is 1.10 bits per heavy atom. The topological polar surface area (TPSA) is 111 Å². The Balaban J connectivity index is 1.17. The van der Waals surface area contributed by atoms with E-state index in [0.717, 1.165) is 29.2 Å². The number of carbonyl (C=O) groups is 1. The minimum Gasteiger partial charge on any atom is -0.342 e. The number of thiazole rings is 1. The van der Waals surface area contributed by atoms with E-state index in [9.17, 15) is 4.79 Å². The van der Waals surface area contributed by atoms with Gasteiger partial charge in [0.25, 0.3) is 0 Å². The standard InChI is InChI=1S/C21H19N7O2S/c29-18(11-15-13-31-21(25-15)17-12-22-7-8-24-17)28-9-4-14(5-10-28)20-26-19(27-30-20)16-3-1-2-6-23-16/h1-3,6-8,12-14H,4-5,9-11H2. The van der Waals surface area contributed by atoms with Crippen molar-refractivity contribution in [3.8, 4) is 22.2 Å². The molecule has 10 heteroatoms. The minimum atomic E-state index is 0.0779. The first kappa shape index (κ1) is 19.4. The van der Waals surface area contributed by atoms with Crippen LogP contribution in [0.2, 0.25) is 0 Å². The van der Waals surface area contributed by atoms with E-state index in [4.69, 9.17) is 4.52 Å². The lowest BCUT2D eigenvalue weighted by atomic mass is 9.96. The Morgan fingerprint density at radius 2 is 1.97 bits per heavy atom. The van der Waals surface area contributed by atoms with E-state index in [1.54, 1.807) is 24.8 Å².